The molecular weight excluding hydrogens is 486 g/mol. The quantitative estimate of drug-likeness (QED) is 0.321. The van der Waals surface area contributed by atoms with Gasteiger partial charge in [-0.15, -0.1) is 24.0 Å². The van der Waals surface area contributed by atoms with Gasteiger partial charge in [0.2, 0.25) is 0 Å². The molecule has 0 spiro atoms. The third-order valence-corrected chi connectivity index (χ3v) is 4.71. The Morgan fingerprint density at radius 2 is 1.97 bits per heavy atom. The van der Waals surface area contributed by atoms with Crippen molar-refractivity contribution in [1.29, 1.82) is 0 Å². The van der Waals surface area contributed by atoms with E-state index < -0.39 is 0 Å². The Bertz CT molecular complexity index is 749. The molecule has 0 saturated carbocycles. The number of nitrogens with zero attached hydrogens (tertiary/aromatic N) is 2. The number of hydrogen-bond acceptors (Lipinski definition) is 4. The molecule has 2 N–H and O–H groups in total. The topological polar surface area (TPSA) is 62.0 Å². The van der Waals surface area contributed by atoms with E-state index in [1.165, 1.54) is 6.07 Å². The number of aryl methyl sites for hydroxylation is 1. The van der Waals surface area contributed by atoms with E-state index in [-0.39, 0.29) is 29.8 Å². The normalized spacial score (nSPS) is 15.0. The highest BCUT2D eigenvalue weighted by atomic mass is 127. The molecule has 160 valence electrons. The predicted molar refractivity (Wildman–Crippen MR) is 123 cm³/mol. The van der Waals surface area contributed by atoms with Crippen molar-refractivity contribution in [2.75, 3.05) is 45.9 Å². The molecule has 1 aliphatic rings. The van der Waals surface area contributed by atoms with Gasteiger partial charge in [-0.05, 0) is 36.2 Å². The molecular formula is C21H30FIN4O2. The number of hydrogen-bond donors (Lipinski definition) is 2. The highest BCUT2D eigenvalue weighted by Crippen LogP contribution is 2.10. The van der Waals surface area contributed by atoms with Crippen molar-refractivity contribution in [3.05, 3.63) is 59.3 Å². The minimum absolute atomic E-state index is 0. The van der Waals surface area contributed by atoms with Gasteiger partial charge in [0.25, 0.3) is 0 Å². The van der Waals surface area contributed by atoms with Crippen molar-refractivity contribution in [3.8, 4) is 0 Å². The molecule has 0 atom stereocenters. The van der Waals surface area contributed by atoms with Crippen LogP contribution in [0.2, 0.25) is 0 Å². The van der Waals surface area contributed by atoms with Crippen LogP contribution in [0.15, 0.2) is 46.0 Å². The summed E-state index contributed by atoms with van der Waals surface area (Å²) in [5, 5.41) is 6.75. The molecule has 0 unspecified atom stereocenters. The van der Waals surface area contributed by atoms with Gasteiger partial charge in [-0.1, -0.05) is 12.1 Å². The van der Waals surface area contributed by atoms with Crippen molar-refractivity contribution in [2.24, 2.45) is 4.99 Å². The second-order valence-electron chi connectivity index (χ2n) is 6.89. The number of benzene rings is 1. The maximum Gasteiger partial charge on any atom is 0.191 e. The maximum absolute atomic E-state index is 13.5. The Morgan fingerprint density at radius 1 is 1.17 bits per heavy atom. The predicted octanol–water partition coefficient (Wildman–Crippen LogP) is 2.96. The lowest BCUT2D eigenvalue weighted by atomic mass is 10.1. The first-order chi connectivity index (χ1) is 13.7. The van der Waals surface area contributed by atoms with E-state index in [9.17, 15) is 4.39 Å². The van der Waals surface area contributed by atoms with Gasteiger partial charge in [0.1, 0.15) is 11.6 Å². The molecule has 1 aromatic heterocycles. The van der Waals surface area contributed by atoms with Crippen molar-refractivity contribution >= 4 is 29.9 Å². The molecule has 8 heteroatoms. The fourth-order valence-electron chi connectivity index (χ4n) is 3.07. The minimum atomic E-state index is -0.187. The van der Waals surface area contributed by atoms with Gasteiger partial charge in [-0.25, -0.2) is 9.38 Å². The summed E-state index contributed by atoms with van der Waals surface area (Å²) >= 11 is 0. The van der Waals surface area contributed by atoms with Gasteiger partial charge in [-0.2, -0.15) is 0 Å². The van der Waals surface area contributed by atoms with Gasteiger partial charge >= 0.3 is 0 Å². The standard InChI is InChI=1S/C21H29FN4O2.HI/c1-17-15-18(4-5-20(17)22)16-25-21(23-7-6-19-3-2-12-28-19)24-8-9-26-10-13-27-14-11-26;/h2-5,12,15H,6-11,13-14,16H2,1H3,(H2,23,24,25);1H. The summed E-state index contributed by atoms with van der Waals surface area (Å²) < 4.78 is 24.2. The molecule has 29 heavy (non-hydrogen) atoms. The summed E-state index contributed by atoms with van der Waals surface area (Å²) in [5.41, 5.74) is 1.62. The Balaban J connectivity index is 0.00000300. The molecule has 1 aromatic carbocycles. The summed E-state index contributed by atoms with van der Waals surface area (Å²) in [4.78, 5) is 7.04. The molecule has 6 nitrogen and oxygen atoms in total. The zero-order chi connectivity index (χ0) is 19.6. The number of nitrogens with one attached hydrogen (secondary N) is 2. The molecule has 1 aliphatic heterocycles. The average molecular weight is 516 g/mol. The summed E-state index contributed by atoms with van der Waals surface area (Å²) in [6.07, 6.45) is 2.47. The first-order valence-electron chi connectivity index (χ1n) is 9.80. The minimum Gasteiger partial charge on any atom is -0.469 e. The first kappa shape index (κ1) is 23.6. The van der Waals surface area contributed by atoms with Crippen LogP contribution in [0, 0.1) is 12.7 Å². The Kier molecular flexibility index (Phi) is 10.4. The van der Waals surface area contributed by atoms with E-state index in [2.05, 4.69) is 20.5 Å². The van der Waals surface area contributed by atoms with Crippen LogP contribution in [-0.4, -0.2) is 56.8 Å². The lowest BCUT2D eigenvalue weighted by Crippen LogP contribution is -2.44. The monoisotopic (exact) mass is 516 g/mol. The molecule has 0 aliphatic carbocycles. The number of morpholine rings is 1. The second kappa shape index (κ2) is 12.8. The van der Waals surface area contributed by atoms with Crippen LogP contribution in [-0.2, 0) is 17.7 Å². The van der Waals surface area contributed by atoms with Crippen LogP contribution in [0.4, 0.5) is 4.39 Å². The fraction of sp³-hybridized carbons (Fsp3) is 0.476. The Labute approximate surface area is 188 Å². The molecule has 0 bridgehead atoms. The van der Waals surface area contributed by atoms with Gasteiger partial charge in [0.15, 0.2) is 5.96 Å². The number of guanidine groups is 1. The van der Waals surface area contributed by atoms with E-state index >= 15 is 0 Å². The van der Waals surface area contributed by atoms with Crippen molar-refractivity contribution < 1.29 is 13.5 Å². The van der Waals surface area contributed by atoms with E-state index in [1.807, 2.05) is 18.2 Å². The zero-order valence-corrected chi connectivity index (χ0v) is 19.2. The molecule has 2 aromatic rings. The largest absolute Gasteiger partial charge is 0.469 e. The third kappa shape index (κ3) is 8.31. The second-order valence-corrected chi connectivity index (χ2v) is 6.89. The fourth-order valence-corrected chi connectivity index (χ4v) is 3.07. The van der Waals surface area contributed by atoms with Gasteiger partial charge in [-0.3, -0.25) is 4.90 Å². The number of aliphatic imine (C=N–C) groups is 1. The summed E-state index contributed by atoms with van der Waals surface area (Å²) in [6, 6.07) is 8.97. The number of rotatable bonds is 8. The SMILES string of the molecule is Cc1cc(CN=C(NCCc2ccco2)NCCN2CCOCC2)ccc1F.I. The van der Waals surface area contributed by atoms with Crippen LogP contribution in [0.25, 0.3) is 0 Å². The first-order valence-corrected chi connectivity index (χ1v) is 9.80. The molecule has 1 fully saturated rings. The van der Waals surface area contributed by atoms with Crippen LogP contribution in [0.3, 0.4) is 0 Å². The number of ether oxygens (including phenoxy) is 1. The van der Waals surface area contributed by atoms with Crippen molar-refractivity contribution in [2.45, 2.75) is 19.9 Å². The molecule has 0 amide bonds. The van der Waals surface area contributed by atoms with Crippen molar-refractivity contribution in [1.82, 2.24) is 15.5 Å². The summed E-state index contributed by atoms with van der Waals surface area (Å²) in [7, 11) is 0. The van der Waals surface area contributed by atoms with Crippen LogP contribution < -0.4 is 10.6 Å². The van der Waals surface area contributed by atoms with Crippen LogP contribution in [0.5, 0.6) is 0 Å². The lowest BCUT2D eigenvalue weighted by Gasteiger charge is -2.26. The number of halogens is 2. The number of furan rings is 1. The van der Waals surface area contributed by atoms with Crippen LogP contribution in [0.1, 0.15) is 16.9 Å². The molecule has 3 rings (SSSR count). The Morgan fingerprint density at radius 3 is 2.69 bits per heavy atom. The molecule has 1 saturated heterocycles. The van der Waals surface area contributed by atoms with Crippen molar-refractivity contribution in [3.63, 3.8) is 0 Å². The third-order valence-electron chi connectivity index (χ3n) is 4.71. The van der Waals surface area contributed by atoms with Gasteiger partial charge in [0.05, 0.1) is 26.0 Å². The van der Waals surface area contributed by atoms with E-state index in [0.29, 0.717) is 12.1 Å². The van der Waals surface area contributed by atoms with E-state index in [0.717, 1.165) is 69.6 Å². The molecule has 2 heterocycles. The Hall–Kier alpha value is -1.65. The van der Waals surface area contributed by atoms with E-state index in [1.54, 1.807) is 19.3 Å². The highest BCUT2D eigenvalue weighted by molar-refractivity contribution is 14.0. The lowest BCUT2D eigenvalue weighted by molar-refractivity contribution is 0.0389. The van der Waals surface area contributed by atoms with E-state index in [4.69, 9.17) is 9.15 Å². The van der Waals surface area contributed by atoms with Crippen LogP contribution >= 0.6 is 24.0 Å². The summed E-state index contributed by atoms with van der Waals surface area (Å²) in [6.45, 7) is 8.26. The highest BCUT2D eigenvalue weighted by Gasteiger charge is 2.10. The maximum atomic E-state index is 13.5. The smallest absolute Gasteiger partial charge is 0.191 e. The average Bonchev–Trinajstić information content (AvgIpc) is 3.22. The summed E-state index contributed by atoms with van der Waals surface area (Å²) in [5.74, 6) is 1.50. The van der Waals surface area contributed by atoms with Gasteiger partial charge < -0.3 is 19.8 Å². The molecule has 0 radical (unpaired) electrons. The zero-order valence-electron chi connectivity index (χ0n) is 16.8. The van der Waals surface area contributed by atoms with Gasteiger partial charge in [0, 0.05) is 39.1 Å².